The van der Waals surface area contributed by atoms with Crippen LogP contribution in [0.3, 0.4) is 0 Å². The molecule has 1 aromatic rings. The highest BCUT2D eigenvalue weighted by Crippen LogP contribution is 2.32. The highest BCUT2D eigenvalue weighted by molar-refractivity contribution is 5.55. The predicted molar refractivity (Wildman–Crippen MR) is 42.7 cm³/mol. The summed E-state index contributed by atoms with van der Waals surface area (Å²) in [6.45, 7) is 0.248. The van der Waals surface area contributed by atoms with Crippen molar-refractivity contribution in [1.82, 2.24) is 0 Å². The number of hydrogen-bond donors (Lipinski definition) is 0. The van der Waals surface area contributed by atoms with E-state index in [2.05, 4.69) is 0 Å². The third kappa shape index (κ3) is 1.13. The molecule has 1 aliphatic heterocycles. The van der Waals surface area contributed by atoms with E-state index in [1.807, 2.05) is 0 Å². The van der Waals surface area contributed by atoms with E-state index < -0.39 is 0 Å². The van der Waals surface area contributed by atoms with Gasteiger partial charge in [-0.05, 0) is 23.8 Å². The fourth-order valence-corrected chi connectivity index (χ4v) is 1.09. The Bertz CT molecular complexity index is 320. The molecule has 1 aromatic carbocycles. The lowest BCUT2D eigenvalue weighted by atomic mass is 10.2. The first-order valence-electron chi connectivity index (χ1n) is 3.56. The zero-order chi connectivity index (χ0) is 8.39. The quantitative estimate of drug-likeness (QED) is 0.637. The van der Waals surface area contributed by atoms with Crippen LogP contribution in [0.1, 0.15) is 5.56 Å². The molecular formula is C9H7FO2. The van der Waals surface area contributed by atoms with E-state index in [9.17, 15) is 4.39 Å². The van der Waals surface area contributed by atoms with Gasteiger partial charge in [0.25, 0.3) is 0 Å². The fraction of sp³-hybridized carbons (Fsp3) is 0.111. The Morgan fingerprint density at radius 2 is 2.08 bits per heavy atom. The van der Waals surface area contributed by atoms with Crippen LogP contribution in [0.2, 0.25) is 0 Å². The molecule has 3 heteroatoms. The molecule has 0 fully saturated rings. The molecule has 0 saturated heterocycles. The van der Waals surface area contributed by atoms with E-state index in [1.54, 1.807) is 18.2 Å². The molecule has 12 heavy (non-hydrogen) atoms. The maximum atomic E-state index is 11.8. The molecule has 0 saturated carbocycles. The van der Waals surface area contributed by atoms with Gasteiger partial charge in [-0.15, -0.1) is 0 Å². The van der Waals surface area contributed by atoms with E-state index in [0.29, 0.717) is 17.8 Å². The summed E-state index contributed by atoms with van der Waals surface area (Å²) in [7, 11) is 0. The van der Waals surface area contributed by atoms with E-state index in [1.165, 1.54) is 6.08 Å². The van der Waals surface area contributed by atoms with Crippen LogP contribution in [0.4, 0.5) is 4.39 Å². The molecule has 0 bridgehead atoms. The van der Waals surface area contributed by atoms with Crippen LogP contribution in [0.15, 0.2) is 24.5 Å². The summed E-state index contributed by atoms with van der Waals surface area (Å²) in [5.74, 6) is 1.39. The molecule has 1 heterocycles. The monoisotopic (exact) mass is 166 g/mol. The highest BCUT2D eigenvalue weighted by Gasteiger charge is 2.11. The zero-order valence-electron chi connectivity index (χ0n) is 6.29. The van der Waals surface area contributed by atoms with Crippen molar-refractivity contribution in [2.75, 3.05) is 6.79 Å². The Balaban J connectivity index is 2.38. The normalized spacial score (nSPS) is 14.1. The summed E-state index contributed by atoms with van der Waals surface area (Å²) in [5.41, 5.74) is 0.766. The van der Waals surface area contributed by atoms with Gasteiger partial charge in [0.05, 0.1) is 6.33 Å². The van der Waals surface area contributed by atoms with Crippen molar-refractivity contribution in [3.63, 3.8) is 0 Å². The van der Waals surface area contributed by atoms with Gasteiger partial charge in [0.15, 0.2) is 11.5 Å². The molecule has 2 nitrogen and oxygen atoms in total. The second kappa shape index (κ2) is 2.85. The molecule has 1 aliphatic rings. The summed E-state index contributed by atoms with van der Waals surface area (Å²) in [4.78, 5) is 0. The van der Waals surface area contributed by atoms with Gasteiger partial charge in [-0.2, -0.15) is 0 Å². The molecule has 0 spiro atoms. The van der Waals surface area contributed by atoms with Crippen molar-refractivity contribution in [3.05, 3.63) is 30.1 Å². The van der Waals surface area contributed by atoms with Gasteiger partial charge in [0.1, 0.15) is 0 Å². The number of fused-ring (bicyclic) bond motifs is 1. The number of ether oxygens (including phenoxy) is 2. The maximum absolute atomic E-state index is 11.8. The first kappa shape index (κ1) is 7.16. The van der Waals surface area contributed by atoms with Gasteiger partial charge in [-0.25, -0.2) is 4.39 Å². The smallest absolute Gasteiger partial charge is 0.231 e. The molecule has 0 radical (unpaired) electrons. The summed E-state index contributed by atoms with van der Waals surface area (Å²) in [6.07, 6.45) is 1.86. The van der Waals surface area contributed by atoms with Crippen LogP contribution in [-0.2, 0) is 0 Å². The average molecular weight is 166 g/mol. The molecule has 2 rings (SSSR count). The number of halogens is 1. The van der Waals surface area contributed by atoms with E-state index >= 15 is 0 Å². The minimum absolute atomic E-state index is 0.248. The molecule has 0 amide bonds. The second-order valence-electron chi connectivity index (χ2n) is 2.41. The van der Waals surface area contributed by atoms with Crippen LogP contribution >= 0.6 is 0 Å². The summed E-state index contributed by atoms with van der Waals surface area (Å²) < 4.78 is 22.0. The van der Waals surface area contributed by atoms with Crippen molar-refractivity contribution in [2.45, 2.75) is 0 Å². The van der Waals surface area contributed by atoms with Crippen molar-refractivity contribution >= 4 is 6.08 Å². The van der Waals surface area contributed by atoms with Gasteiger partial charge in [0, 0.05) is 0 Å². The van der Waals surface area contributed by atoms with E-state index in [-0.39, 0.29) is 6.79 Å². The van der Waals surface area contributed by atoms with Crippen LogP contribution in [0.25, 0.3) is 6.08 Å². The molecule has 0 aliphatic carbocycles. The Kier molecular flexibility index (Phi) is 1.70. The maximum Gasteiger partial charge on any atom is 0.231 e. The third-order valence-electron chi connectivity index (χ3n) is 1.65. The van der Waals surface area contributed by atoms with Crippen LogP contribution in [-0.4, -0.2) is 6.79 Å². The molecule has 0 aromatic heterocycles. The van der Waals surface area contributed by atoms with Gasteiger partial charge in [0.2, 0.25) is 6.79 Å². The van der Waals surface area contributed by atoms with Crippen molar-refractivity contribution < 1.29 is 13.9 Å². The fourth-order valence-electron chi connectivity index (χ4n) is 1.09. The van der Waals surface area contributed by atoms with Crippen LogP contribution in [0.5, 0.6) is 11.5 Å². The summed E-state index contributed by atoms with van der Waals surface area (Å²) in [6, 6.07) is 5.26. The topological polar surface area (TPSA) is 18.5 Å². The lowest BCUT2D eigenvalue weighted by molar-refractivity contribution is 0.174. The Labute approximate surface area is 69.2 Å². The summed E-state index contributed by atoms with van der Waals surface area (Å²) in [5, 5.41) is 0. The first-order chi connectivity index (χ1) is 5.90. The van der Waals surface area contributed by atoms with E-state index in [0.717, 1.165) is 5.56 Å². The van der Waals surface area contributed by atoms with Crippen molar-refractivity contribution in [2.24, 2.45) is 0 Å². The Morgan fingerprint density at radius 1 is 1.25 bits per heavy atom. The van der Waals surface area contributed by atoms with Gasteiger partial charge >= 0.3 is 0 Å². The van der Waals surface area contributed by atoms with Crippen LogP contribution < -0.4 is 9.47 Å². The lowest BCUT2D eigenvalue weighted by Gasteiger charge is -1.95. The molecule has 0 N–H and O–H groups in total. The minimum Gasteiger partial charge on any atom is -0.454 e. The Hall–Kier alpha value is -1.51. The SMILES string of the molecule is F/C=C\c1ccc2c(c1)OCO2. The van der Waals surface area contributed by atoms with E-state index in [4.69, 9.17) is 9.47 Å². The predicted octanol–water partition coefficient (Wildman–Crippen LogP) is 2.36. The standard InChI is InChI=1S/C9H7FO2/c10-4-3-7-1-2-8-9(5-7)12-6-11-8/h1-5H,6H2/b4-3-. The first-order valence-corrected chi connectivity index (χ1v) is 3.56. The molecule has 0 atom stereocenters. The largest absolute Gasteiger partial charge is 0.454 e. The Morgan fingerprint density at radius 3 is 2.92 bits per heavy atom. The van der Waals surface area contributed by atoms with Gasteiger partial charge in [-0.3, -0.25) is 0 Å². The second-order valence-corrected chi connectivity index (χ2v) is 2.41. The van der Waals surface area contributed by atoms with Gasteiger partial charge in [-0.1, -0.05) is 6.07 Å². The minimum atomic E-state index is 0.248. The van der Waals surface area contributed by atoms with Crippen LogP contribution in [0, 0.1) is 0 Å². The third-order valence-corrected chi connectivity index (χ3v) is 1.65. The molecule has 62 valence electrons. The molecule has 0 unspecified atom stereocenters. The summed E-state index contributed by atoms with van der Waals surface area (Å²) >= 11 is 0. The van der Waals surface area contributed by atoms with Gasteiger partial charge < -0.3 is 9.47 Å². The number of rotatable bonds is 1. The zero-order valence-corrected chi connectivity index (χ0v) is 6.29. The number of benzene rings is 1. The van der Waals surface area contributed by atoms with Crippen molar-refractivity contribution in [3.8, 4) is 11.5 Å². The van der Waals surface area contributed by atoms with Crippen molar-refractivity contribution in [1.29, 1.82) is 0 Å². The number of hydrogen-bond acceptors (Lipinski definition) is 2. The highest BCUT2D eigenvalue weighted by atomic mass is 19.1. The lowest BCUT2D eigenvalue weighted by Crippen LogP contribution is -1.92. The average Bonchev–Trinajstić information content (AvgIpc) is 2.51. The molecular weight excluding hydrogens is 159 g/mol.